The van der Waals surface area contributed by atoms with E-state index in [4.69, 9.17) is 15.7 Å². The van der Waals surface area contributed by atoms with Crippen LogP contribution < -0.4 is 10.5 Å². The molecular formula is C30H28N6O2. The lowest BCUT2D eigenvalue weighted by molar-refractivity contribution is -0.134. The van der Waals surface area contributed by atoms with Gasteiger partial charge in [-0.3, -0.25) is 4.79 Å². The molecule has 2 unspecified atom stereocenters. The molecule has 1 amide bonds. The Morgan fingerprint density at radius 3 is 2.68 bits per heavy atom. The number of ether oxygens (including phenoxy) is 1. The summed E-state index contributed by atoms with van der Waals surface area (Å²) in [5, 5.41) is 9.60. The second kappa shape index (κ2) is 10.0. The number of nitrogens with two attached hydrogens (primary N) is 1. The van der Waals surface area contributed by atoms with Gasteiger partial charge in [0.25, 0.3) is 0 Å². The van der Waals surface area contributed by atoms with Crippen LogP contribution in [0.25, 0.3) is 22.2 Å². The summed E-state index contributed by atoms with van der Waals surface area (Å²) in [6.07, 6.45) is 9.61. The molecule has 38 heavy (non-hydrogen) atoms. The number of nitrogens with zero attached hydrogens (tertiary/aromatic N) is 5. The Kier molecular flexibility index (Phi) is 6.26. The van der Waals surface area contributed by atoms with E-state index in [1.54, 1.807) is 0 Å². The van der Waals surface area contributed by atoms with Crippen LogP contribution in [0, 0.1) is 23.2 Å². The van der Waals surface area contributed by atoms with Crippen LogP contribution in [0.1, 0.15) is 25.3 Å². The van der Waals surface area contributed by atoms with Crippen LogP contribution in [0.3, 0.4) is 0 Å². The first-order valence-electron chi connectivity index (χ1n) is 12.9. The molecule has 2 aromatic carbocycles. The zero-order chi connectivity index (χ0) is 26.1. The number of nitriles is 1. The Morgan fingerprint density at radius 2 is 1.89 bits per heavy atom. The second-order valence-electron chi connectivity index (χ2n) is 9.92. The van der Waals surface area contributed by atoms with E-state index in [-0.39, 0.29) is 23.8 Å². The number of fused-ring (bicyclic) bond motifs is 1. The molecule has 1 aliphatic carbocycles. The quantitative estimate of drug-likeness (QED) is 0.354. The number of hydrogen-bond acceptors (Lipinski definition) is 6. The average molecular weight is 505 g/mol. The first kappa shape index (κ1) is 23.7. The minimum atomic E-state index is -0.00935. The maximum absolute atomic E-state index is 13.2. The summed E-state index contributed by atoms with van der Waals surface area (Å²) in [6.45, 7) is 1.38. The van der Waals surface area contributed by atoms with Crippen LogP contribution in [-0.2, 0) is 4.79 Å². The Morgan fingerprint density at radius 1 is 1.11 bits per heavy atom. The number of piperidine rings is 1. The number of anilines is 1. The molecular weight excluding hydrogens is 476 g/mol. The topological polar surface area (TPSA) is 110 Å². The minimum absolute atomic E-state index is 0.00935. The van der Waals surface area contributed by atoms with Gasteiger partial charge in [-0.05, 0) is 55.0 Å². The lowest BCUT2D eigenvalue weighted by Crippen LogP contribution is -2.41. The fourth-order valence-corrected chi connectivity index (χ4v) is 5.43. The third-order valence-corrected chi connectivity index (χ3v) is 7.46. The predicted molar refractivity (Wildman–Crippen MR) is 145 cm³/mol. The Balaban J connectivity index is 1.27. The van der Waals surface area contributed by atoms with Crippen LogP contribution >= 0.6 is 0 Å². The van der Waals surface area contributed by atoms with Crippen molar-refractivity contribution in [1.82, 2.24) is 19.4 Å². The van der Waals surface area contributed by atoms with Crippen LogP contribution in [0.15, 0.2) is 79.3 Å². The zero-order valence-corrected chi connectivity index (χ0v) is 20.9. The van der Waals surface area contributed by atoms with Gasteiger partial charge in [0, 0.05) is 36.8 Å². The molecule has 8 heteroatoms. The maximum atomic E-state index is 13.2. The molecule has 6 rings (SSSR count). The van der Waals surface area contributed by atoms with Crippen molar-refractivity contribution in [3.8, 4) is 28.7 Å². The van der Waals surface area contributed by atoms with Gasteiger partial charge in [0.05, 0.1) is 17.5 Å². The second-order valence-corrected chi connectivity index (χ2v) is 9.92. The SMILES string of the molecule is N#CC=CC1C[C@H]1C(=O)N1CCCC(n2cc(-c3ccc(Oc4ccccc4)cc3)c3c(N)ncnc32)C1. The summed E-state index contributed by atoms with van der Waals surface area (Å²) < 4.78 is 8.12. The third kappa shape index (κ3) is 4.59. The van der Waals surface area contributed by atoms with Crippen molar-refractivity contribution in [2.45, 2.75) is 25.3 Å². The predicted octanol–water partition coefficient (Wildman–Crippen LogP) is 5.35. The normalized spacial score (nSPS) is 20.9. The number of hydrogen-bond donors (Lipinski definition) is 1. The number of likely N-dealkylation sites (tertiary alicyclic amines) is 1. The monoisotopic (exact) mass is 504 g/mol. The summed E-state index contributed by atoms with van der Waals surface area (Å²) in [7, 11) is 0. The lowest BCUT2D eigenvalue weighted by atomic mass is 10.0. The van der Waals surface area contributed by atoms with Crippen molar-refractivity contribution in [3.05, 3.63) is 79.3 Å². The number of benzene rings is 2. The summed E-state index contributed by atoms with van der Waals surface area (Å²) in [6, 6.07) is 19.7. The number of rotatable bonds is 6. The van der Waals surface area contributed by atoms with Crippen molar-refractivity contribution in [3.63, 3.8) is 0 Å². The molecule has 8 nitrogen and oxygen atoms in total. The van der Waals surface area contributed by atoms with E-state index in [9.17, 15) is 4.79 Å². The van der Waals surface area contributed by atoms with Crippen LogP contribution in [0.4, 0.5) is 5.82 Å². The van der Waals surface area contributed by atoms with Gasteiger partial charge < -0.3 is 19.9 Å². The molecule has 1 saturated heterocycles. The van der Waals surface area contributed by atoms with Gasteiger partial charge in [-0.1, -0.05) is 36.4 Å². The summed E-state index contributed by atoms with van der Waals surface area (Å²) in [5.74, 6) is 2.32. The molecule has 4 aromatic rings. The molecule has 1 aliphatic heterocycles. The van der Waals surface area contributed by atoms with E-state index < -0.39 is 0 Å². The highest BCUT2D eigenvalue weighted by Gasteiger charge is 2.44. The number of carbonyl (C=O) groups is 1. The number of para-hydroxylation sites is 1. The van der Waals surface area contributed by atoms with Crippen molar-refractivity contribution in [2.24, 2.45) is 11.8 Å². The molecule has 2 aromatic heterocycles. The van der Waals surface area contributed by atoms with Crippen molar-refractivity contribution < 1.29 is 9.53 Å². The lowest BCUT2D eigenvalue weighted by Gasteiger charge is -2.34. The molecule has 3 heterocycles. The van der Waals surface area contributed by atoms with Gasteiger partial charge in [0.15, 0.2) is 0 Å². The highest BCUT2D eigenvalue weighted by Crippen LogP contribution is 2.42. The fourth-order valence-electron chi connectivity index (χ4n) is 5.43. The van der Waals surface area contributed by atoms with E-state index in [2.05, 4.69) is 20.7 Å². The molecule has 190 valence electrons. The van der Waals surface area contributed by atoms with Gasteiger partial charge in [0.1, 0.15) is 29.3 Å². The summed E-state index contributed by atoms with van der Waals surface area (Å²) >= 11 is 0. The standard InChI is InChI=1S/C30H28N6O2/c31-14-4-6-21-16-25(21)30(37)35-15-5-7-22(17-35)36-18-26(27-28(32)33-19-34-29(27)36)20-10-12-24(13-11-20)38-23-8-2-1-3-9-23/h1-4,6,8-13,18-19,21-22,25H,5,7,15-17H2,(H2,32,33,34)/t21?,22?,25-/m1/s1. The van der Waals surface area contributed by atoms with Gasteiger partial charge in [0.2, 0.25) is 5.91 Å². The summed E-state index contributed by atoms with van der Waals surface area (Å²) in [4.78, 5) is 24.0. The van der Waals surface area contributed by atoms with E-state index in [1.807, 2.05) is 71.6 Å². The molecule has 0 spiro atoms. The number of amides is 1. The average Bonchev–Trinajstić information content (AvgIpc) is 3.63. The Hall–Kier alpha value is -4.64. The third-order valence-electron chi connectivity index (χ3n) is 7.46. The minimum Gasteiger partial charge on any atom is -0.457 e. The Labute approximate surface area is 221 Å². The van der Waals surface area contributed by atoms with E-state index in [0.29, 0.717) is 12.4 Å². The zero-order valence-electron chi connectivity index (χ0n) is 20.9. The molecule has 2 N–H and O–H groups in total. The van der Waals surface area contributed by atoms with E-state index in [0.717, 1.165) is 59.5 Å². The smallest absolute Gasteiger partial charge is 0.226 e. The highest BCUT2D eigenvalue weighted by atomic mass is 16.5. The number of nitrogen functional groups attached to an aromatic ring is 1. The molecule has 0 radical (unpaired) electrons. The summed E-state index contributed by atoms with van der Waals surface area (Å²) in [5.41, 5.74) is 9.09. The largest absolute Gasteiger partial charge is 0.457 e. The Bertz CT molecular complexity index is 1540. The van der Waals surface area contributed by atoms with Gasteiger partial charge in [-0.15, -0.1) is 0 Å². The number of aromatic nitrogens is 3. The van der Waals surface area contributed by atoms with Crippen molar-refractivity contribution in [2.75, 3.05) is 18.8 Å². The fraction of sp³-hybridized carbons (Fsp3) is 0.267. The van der Waals surface area contributed by atoms with Gasteiger partial charge in [-0.25, -0.2) is 9.97 Å². The van der Waals surface area contributed by atoms with Gasteiger partial charge >= 0.3 is 0 Å². The molecule has 0 bridgehead atoms. The number of carbonyl (C=O) groups excluding carboxylic acids is 1. The van der Waals surface area contributed by atoms with Crippen molar-refractivity contribution >= 4 is 22.8 Å². The molecule has 2 fully saturated rings. The molecule has 1 saturated carbocycles. The van der Waals surface area contributed by atoms with Crippen molar-refractivity contribution in [1.29, 1.82) is 5.26 Å². The van der Waals surface area contributed by atoms with Crippen LogP contribution in [0.5, 0.6) is 11.5 Å². The first-order chi connectivity index (χ1) is 18.6. The molecule has 2 aliphatic rings. The number of allylic oxidation sites excluding steroid dienone is 2. The first-order valence-corrected chi connectivity index (χ1v) is 12.9. The maximum Gasteiger partial charge on any atom is 0.226 e. The highest BCUT2D eigenvalue weighted by molar-refractivity contribution is 6.00. The van der Waals surface area contributed by atoms with E-state index >= 15 is 0 Å². The van der Waals surface area contributed by atoms with Crippen LogP contribution in [-0.4, -0.2) is 38.4 Å². The van der Waals surface area contributed by atoms with Crippen LogP contribution in [0.2, 0.25) is 0 Å². The van der Waals surface area contributed by atoms with Gasteiger partial charge in [-0.2, -0.15) is 5.26 Å². The molecule has 3 atom stereocenters. The van der Waals surface area contributed by atoms with E-state index in [1.165, 1.54) is 12.4 Å².